The predicted molar refractivity (Wildman–Crippen MR) is 79.2 cm³/mol. The molecule has 7 heteroatoms. The van der Waals surface area contributed by atoms with Crippen molar-refractivity contribution in [2.45, 2.75) is 19.4 Å². The summed E-state index contributed by atoms with van der Waals surface area (Å²) in [4.78, 5) is 25.7. The van der Waals surface area contributed by atoms with Gasteiger partial charge in [-0.25, -0.2) is 0 Å². The highest BCUT2D eigenvalue weighted by atomic mass is 16.6. The van der Waals surface area contributed by atoms with Gasteiger partial charge in [0.15, 0.2) is 0 Å². The Bertz CT molecular complexity index is 592. The number of anilines is 1. The van der Waals surface area contributed by atoms with Crippen molar-refractivity contribution in [1.82, 2.24) is 4.90 Å². The Hall–Kier alpha value is -2.62. The largest absolute Gasteiger partial charge is 0.365 e. The van der Waals surface area contributed by atoms with Crippen molar-refractivity contribution in [3.63, 3.8) is 0 Å². The first-order valence-corrected chi connectivity index (χ1v) is 6.39. The summed E-state index contributed by atoms with van der Waals surface area (Å²) in [7, 11) is 4.91. The van der Waals surface area contributed by atoms with Crippen molar-refractivity contribution >= 4 is 17.3 Å². The van der Waals surface area contributed by atoms with Crippen LogP contribution < -0.4 is 4.90 Å². The summed E-state index contributed by atoms with van der Waals surface area (Å²) in [5.41, 5.74) is 0.615. The summed E-state index contributed by atoms with van der Waals surface area (Å²) in [6, 6.07) is 6.09. The van der Waals surface area contributed by atoms with E-state index in [0.29, 0.717) is 11.3 Å². The molecule has 0 radical (unpaired) electrons. The number of carbonyl (C=O) groups excluding carboxylic acids is 1. The average Bonchev–Trinajstić information content (AvgIpc) is 2.44. The lowest BCUT2D eigenvalue weighted by atomic mass is 10.1. The molecule has 7 nitrogen and oxygen atoms in total. The van der Waals surface area contributed by atoms with Crippen LogP contribution in [0.4, 0.5) is 11.4 Å². The molecular weight excluding hydrogens is 272 g/mol. The number of nitrogens with zero attached hydrogens (tertiary/aromatic N) is 4. The summed E-state index contributed by atoms with van der Waals surface area (Å²) in [6.45, 7) is 1.80. The van der Waals surface area contributed by atoms with Crippen molar-refractivity contribution in [3.8, 4) is 6.07 Å². The van der Waals surface area contributed by atoms with E-state index in [2.05, 4.69) is 0 Å². The van der Waals surface area contributed by atoms with Crippen LogP contribution in [0.25, 0.3) is 0 Å². The fourth-order valence-electron chi connectivity index (χ4n) is 1.86. The van der Waals surface area contributed by atoms with E-state index in [1.54, 1.807) is 33.0 Å². The number of hydrogen-bond acceptors (Lipinski definition) is 5. The average molecular weight is 290 g/mol. The van der Waals surface area contributed by atoms with Crippen LogP contribution in [-0.2, 0) is 0 Å². The Labute approximate surface area is 123 Å². The molecule has 0 aliphatic carbocycles. The first-order valence-electron chi connectivity index (χ1n) is 6.39. The van der Waals surface area contributed by atoms with Crippen LogP contribution in [0.3, 0.4) is 0 Å². The molecule has 0 bridgehead atoms. The van der Waals surface area contributed by atoms with E-state index in [4.69, 9.17) is 5.26 Å². The number of hydrogen-bond donors (Lipinski definition) is 0. The third-order valence-electron chi connectivity index (χ3n) is 3.25. The van der Waals surface area contributed by atoms with Crippen molar-refractivity contribution in [2.75, 3.05) is 26.0 Å². The van der Waals surface area contributed by atoms with Crippen LogP contribution in [0.5, 0.6) is 0 Å². The van der Waals surface area contributed by atoms with Gasteiger partial charge in [-0.1, -0.05) is 0 Å². The number of nitro benzene ring substituents is 1. The SMILES string of the molecule is CC(CC#N)N(C)c1cc(C(=O)N(C)C)ccc1[N+](=O)[O-]. The zero-order valence-electron chi connectivity index (χ0n) is 12.5. The molecule has 1 atom stereocenters. The van der Waals surface area contributed by atoms with Gasteiger partial charge in [0.2, 0.25) is 0 Å². The van der Waals surface area contributed by atoms with E-state index in [1.165, 1.54) is 23.1 Å². The lowest BCUT2D eigenvalue weighted by Gasteiger charge is -2.25. The maximum absolute atomic E-state index is 12.0. The first-order chi connectivity index (χ1) is 9.79. The smallest absolute Gasteiger partial charge is 0.292 e. The fourth-order valence-corrected chi connectivity index (χ4v) is 1.86. The maximum atomic E-state index is 12.0. The first kappa shape index (κ1) is 16.4. The van der Waals surface area contributed by atoms with E-state index in [-0.39, 0.29) is 24.1 Å². The second-order valence-electron chi connectivity index (χ2n) is 4.98. The summed E-state index contributed by atoms with van der Waals surface area (Å²) in [6.07, 6.45) is 0.236. The molecule has 1 aromatic carbocycles. The van der Waals surface area contributed by atoms with Crippen molar-refractivity contribution in [1.29, 1.82) is 5.26 Å². The molecule has 21 heavy (non-hydrogen) atoms. The number of rotatable bonds is 5. The zero-order valence-corrected chi connectivity index (χ0v) is 12.5. The third kappa shape index (κ3) is 3.69. The molecule has 0 fully saturated rings. The highest BCUT2D eigenvalue weighted by molar-refractivity contribution is 5.95. The van der Waals surface area contributed by atoms with Crippen LogP contribution in [-0.4, -0.2) is 42.9 Å². The molecule has 0 heterocycles. The van der Waals surface area contributed by atoms with Crippen molar-refractivity contribution in [2.24, 2.45) is 0 Å². The van der Waals surface area contributed by atoms with Crippen LogP contribution in [0, 0.1) is 21.4 Å². The number of nitriles is 1. The van der Waals surface area contributed by atoms with Crippen LogP contribution >= 0.6 is 0 Å². The van der Waals surface area contributed by atoms with Crippen LogP contribution in [0.1, 0.15) is 23.7 Å². The second kappa shape index (κ2) is 6.70. The Kier molecular flexibility index (Phi) is 5.24. The number of amides is 1. The number of carbonyl (C=O) groups is 1. The summed E-state index contributed by atoms with van der Waals surface area (Å²) in [5, 5.41) is 19.9. The Morgan fingerprint density at radius 2 is 2.05 bits per heavy atom. The molecule has 0 spiro atoms. The molecule has 0 aliphatic rings. The van der Waals surface area contributed by atoms with Crippen LogP contribution in [0.2, 0.25) is 0 Å². The minimum Gasteiger partial charge on any atom is -0.365 e. The lowest BCUT2D eigenvalue weighted by molar-refractivity contribution is -0.384. The Morgan fingerprint density at radius 1 is 1.43 bits per heavy atom. The molecule has 0 aromatic heterocycles. The van der Waals surface area contributed by atoms with Gasteiger partial charge >= 0.3 is 0 Å². The third-order valence-corrected chi connectivity index (χ3v) is 3.25. The van der Waals surface area contributed by atoms with E-state index < -0.39 is 4.92 Å². The predicted octanol–water partition coefficient (Wildman–Crippen LogP) is 2.03. The Balaban J connectivity index is 3.31. The molecule has 0 saturated heterocycles. The van der Waals surface area contributed by atoms with Gasteiger partial charge in [0.1, 0.15) is 5.69 Å². The monoisotopic (exact) mass is 290 g/mol. The van der Waals surface area contributed by atoms with Gasteiger partial charge in [-0.3, -0.25) is 14.9 Å². The van der Waals surface area contributed by atoms with Crippen molar-refractivity contribution < 1.29 is 9.72 Å². The molecule has 1 amide bonds. The highest BCUT2D eigenvalue weighted by Gasteiger charge is 2.22. The topological polar surface area (TPSA) is 90.5 Å². The molecule has 0 aliphatic heterocycles. The van der Waals surface area contributed by atoms with Gasteiger partial charge in [-0.15, -0.1) is 0 Å². The van der Waals surface area contributed by atoms with Gasteiger partial charge in [0, 0.05) is 38.8 Å². The molecule has 0 saturated carbocycles. The molecule has 0 N–H and O–H groups in total. The lowest BCUT2D eigenvalue weighted by Crippen LogP contribution is -2.29. The fraction of sp³-hybridized carbons (Fsp3) is 0.429. The summed E-state index contributed by atoms with van der Waals surface area (Å²) in [5.74, 6) is -0.229. The standard InChI is InChI=1S/C14H18N4O3/c1-10(7-8-15)17(4)13-9-11(14(19)16(2)3)5-6-12(13)18(20)21/h5-6,9-10H,7H2,1-4H3. The van der Waals surface area contributed by atoms with Crippen LogP contribution in [0.15, 0.2) is 18.2 Å². The maximum Gasteiger partial charge on any atom is 0.292 e. The van der Waals surface area contributed by atoms with Gasteiger partial charge in [0.05, 0.1) is 17.4 Å². The highest BCUT2D eigenvalue weighted by Crippen LogP contribution is 2.30. The van der Waals surface area contributed by atoms with Gasteiger partial charge in [-0.05, 0) is 19.1 Å². The summed E-state index contributed by atoms with van der Waals surface area (Å²) >= 11 is 0. The quantitative estimate of drug-likeness (QED) is 0.611. The van der Waals surface area contributed by atoms with E-state index in [9.17, 15) is 14.9 Å². The van der Waals surface area contributed by atoms with Gasteiger partial charge in [-0.2, -0.15) is 5.26 Å². The normalized spacial score (nSPS) is 11.4. The minimum atomic E-state index is -0.491. The van der Waals surface area contributed by atoms with Gasteiger partial charge < -0.3 is 9.80 Å². The molecule has 1 unspecified atom stereocenters. The van der Waals surface area contributed by atoms with Crippen molar-refractivity contribution in [3.05, 3.63) is 33.9 Å². The molecule has 1 rings (SSSR count). The Morgan fingerprint density at radius 3 is 2.52 bits per heavy atom. The molecule has 1 aromatic rings. The number of nitro groups is 1. The summed E-state index contributed by atoms with van der Waals surface area (Å²) < 4.78 is 0. The minimum absolute atomic E-state index is 0.0856. The van der Waals surface area contributed by atoms with E-state index in [0.717, 1.165) is 0 Å². The van der Waals surface area contributed by atoms with Gasteiger partial charge in [0.25, 0.3) is 11.6 Å². The zero-order chi connectivity index (χ0) is 16.2. The molecular formula is C14H18N4O3. The second-order valence-corrected chi connectivity index (χ2v) is 4.98. The number of benzene rings is 1. The van der Waals surface area contributed by atoms with E-state index in [1.807, 2.05) is 6.07 Å². The molecule has 112 valence electrons. The van der Waals surface area contributed by atoms with E-state index >= 15 is 0 Å².